The number of hydrogen-bond donors (Lipinski definition) is 1. The summed E-state index contributed by atoms with van der Waals surface area (Å²) in [5.41, 5.74) is 1.79. The van der Waals surface area contributed by atoms with E-state index in [9.17, 15) is 9.59 Å². The lowest BCUT2D eigenvalue weighted by atomic mass is 9.44. The van der Waals surface area contributed by atoms with Crippen LogP contribution in [0.15, 0.2) is 54.6 Å². The Bertz CT molecular complexity index is 961. The third kappa shape index (κ3) is 4.36. The van der Waals surface area contributed by atoms with E-state index >= 15 is 0 Å². The second kappa shape index (κ2) is 9.14. The quantitative estimate of drug-likeness (QED) is 0.545. The summed E-state index contributed by atoms with van der Waals surface area (Å²) in [6, 6.07) is 16.6. The highest BCUT2D eigenvalue weighted by molar-refractivity contribution is 6.30. The maximum absolute atomic E-state index is 13.6. The monoisotopic (exact) mass is 454 g/mol. The molecule has 0 aromatic heterocycles. The van der Waals surface area contributed by atoms with Crippen molar-refractivity contribution in [3.63, 3.8) is 0 Å². The van der Waals surface area contributed by atoms with E-state index in [1.807, 2.05) is 42.2 Å². The third-order valence-electron chi connectivity index (χ3n) is 7.41. The number of carbonyl (C=O) groups is 2. The summed E-state index contributed by atoms with van der Waals surface area (Å²) < 4.78 is 5.45. The van der Waals surface area contributed by atoms with Crippen molar-refractivity contribution < 1.29 is 14.3 Å². The summed E-state index contributed by atoms with van der Waals surface area (Å²) in [6.45, 7) is 7.12. The molecule has 0 unspecified atom stereocenters. The molecule has 2 bridgehead atoms. The largest absolute Gasteiger partial charge is 0.466 e. The molecule has 4 atom stereocenters. The van der Waals surface area contributed by atoms with Crippen molar-refractivity contribution in [2.75, 3.05) is 11.9 Å². The molecule has 0 heterocycles. The van der Waals surface area contributed by atoms with Crippen LogP contribution in [0.3, 0.4) is 0 Å². The standard InChI is InChI=1S/C26H31ClN2O3/c1-4-32-24(30)21-14-18-15-22(26(18,2)3)23(21)29(16-17-8-6-5-7-9-17)25(31)28-20-12-10-19(27)11-13-20/h5-13,18,21-23H,4,14-16H2,1-3H3,(H,28,31)/t18-,21+,22-,23-/m0/s1. The number of rotatable bonds is 6. The number of fused-ring (bicyclic) bond motifs is 2. The van der Waals surface area contributed by atoms with Crippen molar-refractivity contribution in [2.24, 2.45) is 23.2 Å². The Morgan fingerprint density at radius 2 is 1.78 bits per heavy atom. The highest BCUT2D eigenvalue weighted by Gasteiger charge is 2.61. The van der Waals surface area contributed by atoms with Gasteiger partial charge in [0.05, 0.1) is 18.6 Å². The van der Waals surface area contributed by atoms with Crippen molar-refractivity contribution in [1.29, 1.82) is 0 Å². The highest BCUT2D eigenvalue weighted by Crippen LogP contribution is 2.62. The molecule has 0 aliphatic heterocycles. The lowest BCUT2D eigenvalue weighted by Crippen LogP contribution is -2.66. The van der Waals surface area contributed by atoms with Gasteiger partial charge < -0.3 is 15.0 Å². The van der Waals surface area contributed by atoms with Crippen molar-refractivity contribution in [2.45, 2.75) is 46.2 Å². The fourth-order valence-corrected chi connectivity index (χ4v) is 5.63. The minimum absolute atomic E-state index is 0.0865. The first-order valence-corrected chi connectivity index (χ1v) is 11.7. The molecular weight excluding hydrogens is 424 g/mol. The van der Waals surface area contributed by atoms with Crippen LogP contribution >= 0.6 is 11.6 Å². The van der Waals surface area contributed by atoms with E-state index in [-0.39, 0.29) is 35.3 Å². The molecule has 3 saturated carbocycles. The van der Waals surface area contributed by atoms with E-state index in [2.05, 4.69) is 19.2 Å². The van der Waals surface area contributed by atoms with Crippen LogP contribution < -0.4 is 5.32 Å². The van der Waals surface area contributed by atoms with E-state index in [1.165, 1.54) is 0 Å². The van der Waals surface area contributed by atoms with Gasteiger partial charge >= 0.3 is 12.0 Å². The maximum Gasteiger partial charge on any atom is 0.322 e. The molecule has 170 valence electrons. The van der Waals surface area contributed by atoms with Gasteiger partial charge in [-0.25, -0.2) is 4.79 Å². The average molecular weight is 455 g/mol. The van der Waals surface area contributed by atoms with Gasteiger partial charge in [-0.15, -0.1) is 0 Å². The number of nitrogens with zero attached hydrogens (tertiary/aromatic N) is 1. The molecule has 2 aromatic carbocycles. The van der Waals surface area contributed by atoms with Gasteiger partial charge in [-0.05, 0) is 66.8 Å². The zero-order valence-electron chi connectivity index (χ0n) is 18.9. The first kappa shape index (κ1) is 22.7. The van der Waals surface area contributed by atoms with Crippen molar-refractivity contribution in [1.82, 2.24) is 4.90 Å². The van der Waals surface area contributed by atoms with Crippen LogP contribution in [0.4, 0.5) is 10.5 Å². The Morgan fingerprint density at radius 1 is 1.09 bits per heavy atom. The summed E-state index contributed by atoms with van der Waals surface area (Å²) in [7, 11) is 0. The Labute approximate surface area is 195 Å². The SMILES string of the molecule is CCOC(=O)[C@@H]1C[C@H]2C[C@@H]([C@H]1N(Cc1ccccc1)C(=O)Nc1ccc(Cl)cc1)C2(C)C. The summed E-state index contributed by atoms with van der Waals surface area (Å²) in [5, 5.41) is 3.63. The number of esters is 1. The first-order chi connectivity index (χ1) is 15.3. The number of hydrogen-bond acceptors (Lipinski definition) is 3. The van der Waals surface area contributed by atoms with Crippen LogP contribution in [0.25, 0.3) is 0 Å². The van der Waals surface area contributed by atoms with Crippen molar-refractivity contribution >= 4 is 29.3 Å². The zero-order valence-corrected chi connectivity index (χ0v) is 19.6. The van der Waals surface area contributed by atoms with Gasteiger partial charge in [0.15, 0.2) is 0 Å². The molecular formula is C26H31ClN2O3. The van der Waals surface area contributed by atoms with Gasteiger partial charge in [0, 0.05) is 17.3 Å². The van der Waals surface area contributed by atoms with Crippen LogP contribution in [-0.4, -0.2) is 29.5 Å². The number of carbonyl (C=O) groups excluding carboxylic acids is 2. The topological polar surface area (TPSA) is 58.6 Å². The fraction of sp³-hybridized carbons (Fsp3) is 0.462. The van der Waals surface area contributed by atoms with Gasteiger partial charge in [-0.1, -0.05) is 55.8 Å². The predicted molar refractivity (Wildman–Crippen MR) is 126 cm³/mol. The molecule has 3 fully saturated rings. The van der Waals surface area contributed by atoms with Crippen LogP contribution in [-0.2, 0) is 16.1 Å². The Kier molecular flexibility index (Phi) is 6.47. The molecule has 0 radical (unpaired) electrons. The Morgan fingerprint density at radius 3 is 2.41 bits per heavy atom. The maximum atomic E-state index is 13.6. The molecule has 3 aliphatic carbocycles. The molecule has 2 amide bonds. The summed E-state index contributed by atoms with van der Waals surface area (Å²) in [5.74, 6) is 0.220. The van der Waals surface area contributed by atoms with Gasteiger partial charge in [0.25, 0.3) is 0 Å². The molecule has 0 spiro atoms. The normalized spacial score (nSPS) is 25.4. The fourth-order valence-electron chi connectivity index (χ4n) is 5.50. The third-order valence-corrected chi connectivity index (χ3v) is 7.66. The Balaban J connectivity index is 1.68. The number of halogens is 1. The number of amides is 2. The summed E-state index contributed by atoms with van der Waals surface area (Å²) in [6.07, 6.45) is 1.79. The average Bonchev–Trinajstić information content (AvgIpc) is 2.79. The number of anilines is 1. The van der Waals surface area contributed by atoms with Crippen molar-refractivity contribution in [3.8, 4) is 0 Å². The molecule has 1 N–H and O–H groups in total. The Hall–Kier alpha value is -2.53. The van der Waals surface area contributed by atoms with Gasteiger partial charge in [0.2, 0.25) is 0 Å². The van der Waals surface area contributed by atoms with Crippen LogP contribution in [0.2, 0.25) is 5.02 Å². The molecule has 0 saturated heterocycles. The van der Waals surface area contributed by atoms with Crippen LogP contribution in [0, 0.1) is 23.2 Å². The van der Waals surface area contributed by atoms with Crippen molar-refractivity contribution in [3.05, 3.63) is 65.2 Å². The molecule has 2 aromatic rings. The number of urea groups is 1. The molecule has 32 heavy (non-hydrogen) atoms. The number of benzene rings is 2. The number of ether oxygens (including phenoxy) is 1. The van der Waals surface area contributed by atoms with E-state index in [0.29, 0.717) is 29.8 Å². The predicted octanol–water partition coefficient (Wildman–Crippen LogP) is 5.99. The molecule has 3 aliphatic rings. The molecule has 6 heteroatoms. The second-order valence-corrected chi connectivity index (χ2v) is 9.93. The van der Waals surface area contributed by atoms with E-state index in [1.54, 1.807) is 24.3 Å². The minimum atomic E-state index is -0.314. The van der Waals surface area contributed by atoms with E-state index in [0.717, 1.165) is 18.4 Å². The first-order valence-electron chi connectivity index (χ1n) is 11.3. The van der Waals surface area contributed by atoms with E-state index < -0.39 is 0 Å². The minimum Gasteiger partial charge on any atom is -0.466 e. The summed E-state index contributed by atoms with van der Waals surface area (Å²) in [4.78, 5) is 28.5. The smallest absolute Gasteiger partial charge is 0.322 e. The lowest BCUT2D eigenvalue weighted by molar-refractivity contribution is -0.176. The number of nitrogens with one attached hydrogen (secondary N) is 1. The van der Waals surface area contributed by atoms with Gasteiger partial charge in [-0.3, -0.25) is 4.79 Å². The van der Waals surface area contributed by atoms with Gasteiger partial charge in [-0.2, -0.15) is 0 Å². The highest BCUT2D eigenvalue weighted by atomic mass is 35.5. The molecule has 5 nitrogen and oxygen atoms in total. The zero-order chi connectivity index (χ0) is 22.9. The van der Waals surface area contributed by atoms with Crippen LogP contribution in [0.5, 0.6) is 0 Å². The lowest BCUT2D eigenvalue weighted by Gasteiger charge is -2.63. The van der Waals surface area contributed by atoms with Gasteiger partial charge in [0.1, 0.15) is 0 Å². The summed E-state index contributed by atoms with van der Waals surface area (Å²) >= 11 is 6.00. The second-order valence-electron chi connectivity index (χ2n) is 9.50. The molecule has 5 rings (SSSR count). The van der Waals surface area contributed by atoms with E-state index in [4.69, 9.17) is 16.3 Å². The van der Waals surface area contributed by atoms with Crippen LogP contribution in [0.1, 0.15) is 39.2 Å².